The quantitative estimate of drug-likeness (QED) is 0.836. The van der Waals surface area contributed by atoms with E-state index in [1.807, 2.05) is 0 Å². The molecule has 1 N–H and O–H groups in total. The molecule has 0 saturated carbocycles. The number of benzene rings is 1. The van der Waals surface area contributed by atoms with Crippen molar-refractivity contribution < 1.29 is 13.6 Å². The Kier molecular flexibility index (Phi) is 3.47. The summed E-state index contributed by atoms with van der Waals surface area (Å²) in [6.45, 7) is 3.78. The van der Waals surface area contributed by atoms with Gasteiger partial charge in [-0.3, -0.25) is 4.79 Å². The van der Waals surface area contributed by atoms with Crippen LogP contribution in [0.2, 0.25) is 0 Å². The van der Waals surface area contributed by atoms with Gasteiger partial charge in [-0.15, -0.1) is 16.8 Å². The second kappa shape index (κ2) is 5.22. The smallest absolute Gasteiger partial charge is 0.309 e. The molecule has 0 radical (unpaired) electrons. The van der Waals surface area contributed by atoms with Gasteiger partial charge in [0.25, 0.3) is 0 Å². The number of nitrogens with zero attached hydrogens (tertiary/aromatic N) is 2. The molecule has 2 aromatic rings. The van der Waals surface area contributed by atoms with Crippen LogP contribution in [0.5, 0.6) is 0 Å². The molecule has 92 valence electrons. The van der Waals surface area contributed by atoms with E-state index in [-0.39, 0.29) is 17.6 Å². The van der Waals surface area contributed by atoms with Crippen molar-refractivity contribution in [2.75, 3.05) is 6.54 Å². The fourth-order valence-electron chi connectivity index (χ4n) is 1.26. The van der Waals surface area contributed by atoms with Crippen LogP contribution in [0.15, 0.2) is 41.3 Å². The third-order valence-corrected chi connectivity index (χ3v) is 2.12. The van der Waals surface area contributed by atoms with E-state index in [4.69, 9.17) is 4.42 Å². The highest BCUT2D eigenvalue weighted by Gasteiger charge is 2.14. The van der Waals surface area contributed by atoms with Crippen LogP contribution in [0.4, 0.5) is 4.39 Å². The fourth-order valence-corrected chi connectivity index (χ4v) is 1.26. The van der Waals surface area contributed by atoms with Crippen LogP contribution in [-0.4, -0.2) is 22.6 Å². The molecule has 1 amide bonds. The fraction of sp³-hybridized carbons (Fsp3) is 0.0833. The molecule has 1 aromatic heterocycles. The van der Waals surface area contributed by atoms with Crippen LogP contribution in [0.25, 0.3) is 11.5 Å². The summed E-state index contributed by atoms with van der Waals surface area (Å²) in [5, 5.41) is 9.84. The lowest BCUT2D eigenvalue weighted by molar-refractivity contribution is 0.0924. The van der Waals surface area contributed by atoms with Crippen LogP contribution >= 0.6 is 0 Å². The lowest BCUT2D eigenvalue weighted by Crippen LogP contribution is -2.23. The van der Waals surface area contributed by atoms with Crippen LogP contribution in [0, 0.1) is 5.82 Å². The molecule has 0 aliphatic carbocycles. The maximum absolute atomic E-state index is 12.7. The zero-order valence-corrected chi connectivity index (χ0v) is 9.39. The Morgan fingerprint density at radius 3 is 2.78 bits per heavy atom. The van der Waals surface area contributed by atoms with Crippen molar-refractivity contribution in [1.82, 2.24) is 15.5 Å². The summed E-state index contributed by atoms with van der Waals surface area (Å²) in [6, 6.07) is 5.54. The number of carbonyl (C=O) groups is 1. The second-order valence-electron chi connectivity index (χ2n) is 3.42. The number of carbonyl (C=O) groups excluding carboxylic acids is 1. The van der Waals surface area contributed by atoms with Gasteiger partial charge in [0.05, 0.1) is 0 Å². The number of hydrogen-bond acceptors (Lipinski definition) is 4. The summed E-state index contributed by atoms with van der Waals surface area (Å²) < 4.78 is 17.9. The molecule has 1 aromatic carbocycles. The van der Waals surface area contributed by atoms with Gasteiger partial charge in [-0.2, -0.15) is 0 Å². The zero-order valence-electron chi connectivity index (χ0n) is 9.39. The Balaban J connectivity index is 2.17. The molecule has 0 aliphatic heterocycles. The molecule has 1 heterocycles. The molecule has 0 saturated heterocycles. The largest absolute Gasteiger partial charge is 0.412 e. The Morgan fingerprint density at radius 1 is 1.39 bits per heavy atom. The number of halogens is 1. The summed E-state index contributed by atoms with van der Waals surface area (Å²) in [4.78, 5) is 11.5. The maximum Gasteiger partial charge on any atom is 0.309 e. The highest BCUT2D eigenvalue weighted by molar-refractivity contribution is 5.89. The molecular weight excluding hydrogens is 237 g/mol. The van der Waals surface area contributed by atoms with E-state index in [1.165, 1.54) is 30.3 Å². The van der Waals surface area contributed by atoms with Crippen molar-refractivity contribution in [3.8, 4) is 11.5 Å². The van der Waals surface area contributed by atoms with Crippen molar-refractivity contribution in [3.63, 3.8) is 0 Å². The van der Waals surface area contributed by atoms with Gasteiger partial charge < -0.3 is 9.73 Å². The first-order chi connectivity index (χ1) is 8.70. The van der Waals surface area contributed by atoms with Crippen LogP contribution in [-0.2, 0) is 0 Å². The Morgan fingerprint density at radius 2 is 2.11 bits per heavy atom. The first-order valence-corrected chi connectivity index (χ1v) is 5.19. The lowest BCUT2D eigenvalue weighted by Gasteiger charge is -1.96. The van der Waals surface area contributed by atoms with Crippen molar-refractivity contribution in [2.24, 2.45) is 0 Å². The minimum absolute atomic E-state index is 0.142. The zero-order chi connectivity index (χ0) is 13.0. The number of hydrogen-bond donors (Lipinski definition) is 1. The highest BCUT2D eigenvalue weighted by Crippen LogP contribution is 2.17. The maximum atomic E-state index is 12.7. The SMILES string of the molecule is C=CCNC(=O)c1nnc(-c2ccc(F)cc2)o1. The van der Waals surface area contributed by atoms with E-state index in [2.05, 4.69) is 22.1 Å². The lowest BCUT2D eigenvalue weighted by atomic mass is 10.2. The van der Waals surface area contributed by atoms with E-state index in [0.717, 1.165) is 0 Å². The van der Waals surface area contributed by atoms with Crippen LogP contribution in [0.1, 0.15) is 10.7 Å². The highest BCUT2D eigenvalue weighted by atomic mass is 19.1. The van der Waals surface area contributed by atoms with Crippen LogP contribution < -0.4 is 5.32 Å². The monoisotopic (exact) mass is 247 g/mol. The molecular formula is C12H10FN3O2. The van der Waals surface area contributed by atoms with E-state index >= 15 is 0 Å². The minimum atomic E-state index is -0.476. The Labute approximate surface area is 102 Å². The van der Waals surface area contributed by atoms with Crippen molar-refractivity contribution in [3.05, 3.63) is 48.6 Å². The van der Waals surface area contributed by atoms with E-state index in [9.17, 15) is 9.18 Å². The van der Waals surface area contributed by atoms with Gasteiger partial charge in [-0.05, 0) is 24.3 Å². The normalized spacial score (nSPS) is 10.1. The minimum Gasteiger partial charge on any atom is -0.412 e. The number of rotatable bonds is 4. The van der Waals surface area contributed by atoms with E-state index in [0.29, 0.717) is 12.1 Å². The van der Waals surface area contributed by atoms with Gasteiger partial charge >= 0.3 is 11.8 Å². The summed E-state index contributed by atoms with van der Waals surface area (Å²) in [6.07, 6.45) is 1.54. The predicted octanol–water partition coefficient (Wildman–Crippen LogP) is 1.79. The third-order valence-electron chi connectivity index (χ3n) is 2.12. The molecule has 0 aliphatic rings. The van der Waals surface area contributed by atoms with Gasteiger partial charge in [0.15, 0.2) is 0 Å². The molecule has 18 heavy (non-hydrogen) atoms. The van der Waals surface area contributed by atoms with Gasteiger partial charge in [-0.1, -0.05) is 6.08 Å². The molecule has 0 spiro atoms. The Hall–Kier alpha value is -2.50. The molecule has 0 unspecified atom stereocenters. The van der Waals surface area contributed by atoms with Gasteiger partial charge in [-0.25, -0.2) is 4.39 Å². The predicted molar refractivity (Wildman–Crippen MR) is 62.2 cm³/mol. The second-order valence-corrected chi connectivity index (χ2v) is 3.42. The van der Waals surface area contributed by atoms with Crippen LogP contribution in [0.3, 0.4) is 0 Å². The Bertz CT molecular complexity index is 563. The van der Waals surface area contributed by atoms with Crippen molar-refractivity contribution in [1.29, 1.82) is 0 Å². The average molecular weight is 247 g/mol. The first-order valence-electron chi connectivity index (χ1n) is 5.19. The number of nitrogens with one attached hydrogen (secondary N) is 1. The molecule has 0 bridgehead atoms. The summed E-state index contributed by atoms with van der Waals surface area (Å²) in [5.41, 5.74) is 0.548. The summed E-state index contributed by atoms with van der Waals surface area (Å²) in [5.74, 6) is -0.812. The molecule has 6 heteroatoms. The van der Waals surface area contributed by atoms with E-state index in [1.54, 1.807) is 0 Å². The van der Waals surface area contributed by atoms with E-state index < -0.39 is 5.91 Å². The van der Waals surface area contributed by atoms with Gasteiger partial charge in [0.1, 0.15) is 5.82 Å². The molecule has 0 atom stereocenters. The summed E-state index contributed by atoms with van der Waals surface area (Å²) >= 11 is 0. The molecule has 2 rings (SSSR count). The standard InChI is InChI=1S/C12H10FN3O2/c1-2-7-14-10(17)12-16-15-11(18-12)8-3-5-9(13)6-4-8/h2-6H,1,7H2,(H,14,17). The number of aromatic nitrogens is 2. The third kappa shape index (κ3) is 2.60. The summed E-state index contributed by atoms with van der Waals surface area (Å²) in [7, 11) is 0. The van der Waals surface area contributed by atoms with Gasteiger partial charge in [0, 0.05) is 12.1 Å². The van der Waals surface area contributed by atoms with Crippen molar-refractivity contribution >= 4 is 5.91 Å². The average Bonchev–Trinajstić information content (AvgIpc) is 2.86. The topological polar surface area (TPSA) is 68.0 Å². The first kappa shape index (κ1) is 12.0. The number of amides is 1. The molecule has 0 fully saturated rings. The van der Waals surface area contributed by atoms with Gasteiger partial charge in [0.2, 0.25) is 5.89 Å². The van der Waals surface area contributed by atoms with Crippen molar-refractivity contribution in [2.45, 2.75) is 0 Å². The molecule has 5 nitrogen and oxygen atoms in total.